The topological polar surface area (TPSA) is 0 Å². The molecule has 0 radical (unpaired) electrons. The van der Waals surface area contributed by atoms with E-state index >= 15 is 0 Å². The molecule has 1 aromatic rings. The van der Waals surface area contributed by atoms with Crippen LogP contribution < -0.4 is 0 Å². The van der Waals surface area contributed by atoms with E-state index in [1.807, 2.05) is 0 Å². The van der Waals surface area contributed by atoms with Gasteiger partial charge < -0.3 is 0 Å². The van der Waals surface area contributed by atoms with Crippen molar-refractivity contribution in [1.82, 2.24) is 0 Å². The van der Waals surface area contributed by atoms with Crippen molar-refractivity contribution in [3.63, 3.8) is 0 Å². The fourth-order valence-corrected chi connectivity index (χ4v) is 1.66. The Balaban J connectivity index is 3.46. The van der Waals surface area contributed by atoms with Crippen LogP contribution in [0, 0.1) is 22.1 Å². The molecule has 0 amide bonds. The highest BCUT2D eigenvalue weighted by atomic mass is 127. The molecule has 0 unspecified atom stereocenters. The van der Waals surface area contributed by atoms with Gasteiger partial charge in [0.15, 0.2) is 11.6 Å². The minimum Gasteiger partial charge on any atom is -0.204 e. The lowest BCUT2D eigenvalue weighted by molar-refractivity contribution is 0.502. The molecule has 0 heterocycles. The Morgan fingerprint density at radius 2 is 2.00 bits per heavy atom. The summed E-state index contributed by atoms with van der Waals surface area (Å²) in [6.45, 7) is 1.72. The summed E-state index contributed by atoms with van der Waals surface area (Å²) in [6, 6.07) is 1.17. The summed E-state index contributed by atoms with van der Waals surface area (Å²) < 4.78 is 26.3. The maximum atomic E-state index is 12.8. The number of hydrogen-bond donors (Lipinski definition) is 0. The van der Waals surface area contributed by atoms with E-state index in [1.165, 1.54) is 6.07 Å². The molecule has 0 fully saturated rings. The van der Waals surface area contributed by atoms with Crippen LogP contribution in [0.3, 0.4) is 0 Å². The van der Waals surface area contributed by atoms with Crippen LogP contribution in [0.25, 0.3) is 0 Å². The Bertz CT molecular complexity index is 273. The summed E-state index contributed by atoms with van der Waals surface area (Å²) in [5.41, 5.74) is 0.702. The highest BCUT2D eigenvalue weighted by Crippen LogP contribution is 2.27. The first-order valence-electron chi connectivity index (χ1n) is 2.83. The van der Waals surface area contributed by atoms with Crippen molar-refractivity contribution in [3.8, 4) is 0 Å². The molecule has 0 saturated heterocycles. The van der Waals surface area contributed by atoms with E-state index < -0.39 is 11.6 Å². The molecule has 0 aliphatic rings. The predicted octanol–water partition coefficient (Wildman–Crippen LogP) is 3.64. The molecule has 0 spiro atoms. The normalized spacial score (nSPS) is 10.3. The van der Waals surface area contributed by atoms with Crippen molar-refractivity contribution >= 4 is 38.5 Å². The monoisotopic (exact) mass is 332 g/mol. The van der Waals surface area contributed by atoms with Gasteiger partial charge in [-0.05, 0) is 57.1 Å². The van der Waals surface area contributed by atoms with E-state index in [9.17, 15) is 8.78 Å². The predicted molar refractivity (Wildman–Crippen MR) is 51.5 cm³/mol. The molecule has 0 nitrogen and oxygen atoms in total. The molecule has 0 aromatic heterocycles. The summed E-state index contributed by atoms with van der Waals surface area (Å²) in [7, 11) is 0. The molecule has 4 heteroatoms. The Morgan fingerprint density at radius 3 is 2.55 bits per heavy atom. The average molecular weight is 333 g/mol. The SMILES string of the molecule is Cc1cc(F)c(F)c(I)c1Br. The summed E-state index contributed by atoms with van der Waals surface area (Å²) in [5.74, 6) is -1.59. The summed E-state index contributed by atoms with van der Waals surface area (Å²) in [5, 5.41) is 0. The fourth-order valence-electron chi connectivity index (χ4n) is 0.691. The summed E-state index contributed by atoms with van der Waals surface area (Å²) in [4.78, 5) is 0. The van der Waals surface area contributed by atoms with Crippen LogP contribution in [0.5, 0.6) is 0 Å². The van der Waals surface area contributed by atoms with Crippen LogP contribution in [0.2, 0.25) is 0 Å². The van der Waals surface area contributed by atoms with Crippen molar-refractivity contribution in [1.29, 1.82) is 0 Å². The lowest BCUT2D eigenvalue weighted by Crippen LogP contribution is -1.92. The molecule has 0 saturated carbocycles. The number of hydrogen-bond acceptors (Lipinski definition) is 0. The largest absolute Gasteiger partial charge is 0.204 e. The Hall–Kier alpha value is 0.290. The van der Waals surface area contributed by atoms with Gasteiger partial charge in [0.1, 0.15) is 0 Å². The first-order valence-corrected chi connectivity index (χ1v) is 4.71. The third kappa shape index (κ3) is 1.72. The maximum Gasteiger partial charge on any atom is 0.173 e. The minimum absolute atomic E-state index is 0.292. The first-order chi connectivity index (χ1) is 5.04. The van der Waals surface area contributed by atoms with Crippen LogP contribution in [0.15, 0.2) is 10.5 Å². The Morgan fingerprint density at radius 1 is 1.45 bits per heavy atom. The Kier molecular flexibility index (Phi) is 2.85. The molecular weight excluding hydrogens is 329 g/mol. The van der Waals surface area contributed by atoms with E-state index in [0.717, 1.165) is 0 Å². The molecule has 0 atom stereocenters. The van der Waals surface area contributed by atoms with Crippen LogP contribution in [-0.2, 0) is 0 Å². The van der Waals surface area contributed by atoms with Crippen molar-refractivity contribution in [3.05, 3.63) is 31.3 Å². The van der Waals surface area contributed by atoms with Gasteiger partial charge in [-0.1, -0.05) is 0 Å². The van der Waals surface area contributed by atoms with Crippen LogP contribution in [0.4, 0.5) is 8.78 Å². The standard InChI is InChI=1S/C7H4BrF2I/c1-3-2-4(9)6(10)7(11)5(3)8/h2H,1H3. The van der Waals surface area contributed by atoms with Gasteiger partial charge in [-0.15, -0.1) is 0 Å². The second-order valence-electron chi connectivity index (χ2n) is 2.12. The van der Waals surface area contributed by atoms with E-state index in [0.29, 0.717) is 13.6 Å². The van der Waals surface area contributed by atoms with Gasteiger partial charge in [-0.3, -0.25) is 0 Å². The van der Waals surface area contributed by atoms with Gasteiger partial charge in [0.2, 0.25) is 0 Å². The molecule has 60 valence electrons. The van der Waals surface area contributed by atoms with Gasteiger partial charge in [-0.2, -0.15) is 0 Å². The molecule has 1 aromatic carbocycles. The summed E-state index contributed by atoms with van der Waals surface area (Å²) >= 11 is 4.91. The third-order valence-electron chi connectivity index (χ3n) is 1.28. The van der Waals surface area contributed by atoms with Crippen molar-refractivity contribution in [2.45, 2.75) is 6.92 Å². The number of halogens is 4. The van der Waals surface area contributed by atoms with Crippen LogP contribution in [-0.4, -0.2) is 0 Å². The molecule has 1 rings (SSSR count). The number of rotatable bonds is 0. The lowest BCUT2D eigenvalue weighted by atomic mass is 10.2. The number of aryl methyl sites for hydroxylation is 1. The molecule has 0 aliphatic heterocycles. The van der Waals surface area contributed by atoms with Gasteiger partial charge >= 0.3 is 0 Å². The van der Waals surface area contributed by atoms with Gasteiger partial charge in [0.25, 0.3) is 0 Å². The zero-order chi connectivity index (χ0) is 8.59. The van der Waals surface area contributed by atoms with Crippen LogP contribution >= 0.6 is 38.5 Å². The quantitative estimate of drug-likeness (QED) is 0.386. The zero-order valence-corrected chi connectivity index (χ0v) is 9.33. The average Bonchev–Trinajstić information content (AvgIpc) is 1.97. The van der Waals surface area contributed by atoms with Crippen molar-refractivity contribution in [2.75, 3.05) is 0 Å². The van der Waals surface area contributed by atoms with E-state index in [1.54, 1.807) is 29.5 Å². The second-order valence-corrected chi connectivity index (χ2v) is 3.99. The molecule has 11 heavy (non-hydrogen) atoms. The summed E-state index contributed by atoms with van der Waals surface area (Å²) in [6.07, 6.45) is 0. The minimum atomic E-state index is -0.796. The maximum absolute atomic E-state index is 12.8. The van der Waals surface area contributed by atoms with Crippen molar-refractivity contribution < 1.29 is 8.78 Å². The van der Waals surface area contributed by atoms with Gasteiger partial charge in [0, 0.05) is 4.47 Å². The lowest BCUT2D eigenvalue weighted by Gasteiger charge is -2.02. The third-order valence-corrected chi connectivity index (χ3v) is 4.06. The molecular formula is C7H4BrF2I. The van der Waals surface area contributed by atoms with Gasteiger partial charge in [0.05, 0.1) is 3.57 Å². The van der Waals surface area contributed by atoms with E-state index in [4.69, 9.17) is 0 Å². The molecule has 0 N–H and O–H groups in total. The zero-order valence-electron chi connectivity index (χ0n) is 5.59. The number of benzene rings is 1. The second kappa shape index (κ2) is 3.35. The smallest absolute Gasteiger partial charge is 0.173 e. The van der Waals surface area contributed by atoms with Crippen LogP contribution in [0.1, 0.15) is 5.56 Å². The fraction of sp³-hybridized carbons (Fsp3) is 0.143. The van der Waals surface area contributed by atoms with E-state index in [-0.39, 0.29) is 0 Å². The van der Waals surface area contributed by atoms with E-state index in [2.05, 4.69) is 15.9 Å². The first kappa shape index (κ1) is 9.38. The molecule has 0 bridgehead atoms. The van der Waals surface area contributed by atoms with Gasteiger partial charge in [-0.25, -0.2) is 8.78 Å². The Labute approximate surface area is 85.3 Å². The molecule has 0 aliphatic carbocycles. The highest BCUT2D eigenvalue weighted by Gasteiger charge is 2.11. The van der Waals surface area contributed by atoms with Crippen molar-refractivity contribution in [2.24, 2.45) is 0 Å². The highest BCUT2D eigenvalue weighted by molar-refractivity contribution is 14.1.